The minimum atomic E-state index is -0.330. The first-order valence-corrected chi connectivity index (χ1v) is 5.77. The topological polar surface area (TPSA) is 78.7 Å². The van der Waals surface area contributed by atoms with Crippen LogP contribution in [0.1, 0.15) is 15.9 Å². The Morgan fingerprint density at radius 2 is 2.17 bits per heavy atom. The Morgan fingerprint density at radius 1 is 1.33 bits per heavy atom. The summed E-state index contributed by atoms with van der Waals surface area (Å²) in [4.78, 5) is 11.9. The normalized spacial score (nSPS) is 9.56. The van der Waals surface area contributed by atoms with Gasteiger partial charge in [0.1, 0.15) is 6.07 Å². The lowest BCUT2D eigenvalue weighted by Gasteiger charge is -2.06. The van der Waals surface area contributed by atoms with Crippen molar-refractivity contribution in [2.24, 2.45) is 0 Å². The van der Waals surface area contributed by atoms with Gasteiger partial charge in [-0.2, -0.15) is 15.5 Å². The highest BCUT2D eigenvalue weighted by Crippen LogP contribution is 2.20. The molecule has 5 nitrogen and oxygen atoms in total. The largest absolute Gasteiger partial charge is 0.321 e. The summed E-state index contributed by atoms with van der Waals surface area (Å²) in [7, 11) is 0. The number of hydrogen-bond acceptors (Lipinski definition) is 4. The SMILES string of the molecule is N#Cc1cc(Br)ccc1NC(=O)c1ccnnc1. The van der Waals surface area contributed by atoms with E-state index in [9.17, 15) is 4.79 Å². The number of nitriles is 1. The van der Waals surface area contributed by atoms with Gasteiger partial charge in [-0.3, -0.25) is 4.79 Å². The van der Waals surface area contributed by atoms with Crippen molar-refractivity contribution in [3.63, 3.8) is 0 Å². The minimum absolute atomic E-state index is 0.330. The zero-order valence-corrected chi connectivity index (χ0v) is 10.7. The van der Waals surface area contributed by atoms with E-state index in [4.69, 9.17) is 5.26 Å². The fraction of sp³-hybridized carbons (Fsp3) is 0. The van der Waals surface area contributed by atoms with Gasteiger partial charge in [0.15, 0.2) is 0 Å². The molecule has 0 spiro atoms. The number of amides is 1. The number of benzene rings is 1. The van der Waals surface area contributed by atoms with Crippen LogP contribution in [0.2, 0.25) is 0 Å². The zero-order chi connectivity index (χ0) is 13.0. The molecule has 2 rings (SSSR count). The summed E-state index contributed by atoms with van der Waals surface area (Å²) in [6.45, 7) is 0. The quantitative estimate of drug-likeness (QED) is 0.923. The Balaban J connectivity index is 2.25. The number of nitrogens with one attached hydrogen (secondary N) is 1. The Kier molecular flexibility index (Phi) is 3.65. The molecule has 0 unspecified atom stereocenters. The average Bonchev–Trinajstić information content (AvgIpc) is 2.41. The Labute approximate surface area is 112 Å². The molecule has 0 aliphatic rings. The molecule has 0 fully saturated rings. The van der Waals surface area contributed by atoms with E-state index in [1.807, 2.05) is 6.07 Å². The molecule has 1 amide bonds. The standard InChI is InChI=1S/C12H7BrN4O/c13-10-1-2-11(9(5-10)6-14)17-12(18)8-3-4-15-16-7-8/h1-5,7H,(H,17,18). The number of carbonyl (C=O) groups is 1. The monoisotopic (exact) mass is 302 g/mol. The van der Waals surface area contributed by atoms with Crippen molar-refractivity contribution in [1.82, 2.24) is 10.2 Å². The third kappa shape index (κ3) is 2.70. The molecular formula is C12H7BrN4O. The van der Waals surface area contributed by atoms with E-state index in [1.54, 1.807) is 24.3 Å². The first-order valence-electron chi connectivity index (χ1n) is 4.98. The summed E-state index contributed by atoms with van der Waals surface area (Å²) in [6.07, 6.45) is 2.79. The van der Waals surface area contributed by atoms with Crippen LogP contribution in [0.5, 0.6) is 0 Å². The molecule has 88 valence electrons. The smallest absolute Gasteiger partial charge is 0.257 e. The van der Waals surface area contributed by atoms with Gasteiger partial charge in [-0.1, -0.05) is 15.9 Å². The van der Waals surface area contributed by atoms with Crippen molar-refractivity contribution in [3.05, 3.63) is 52.3 Å². The van der Waals surface area contributed by atoms with Crippen LogP contribution >= 0.6 is 15.9 Å². The first kappa shape index (κ1) is 12.2. The molecule has 0 saturated heterocycles. The third-order valence-electron chi connectivity index (χ3n) is 2.20. The van der Waals surface area contributed by atoms with Crippen LogP contribution in [-0.4, -0.2) is 16.1 Å². The number of anilines is 1. The Bertz CT molecular complexity index is 622. The molecule has 0 radical (unpaired) electrons. The van der Waals surface area contributed by atoms with Crippen molar-refractivity contribution in [2.75, 3.05) is 5.32 Å². The molecule has 0 saturated carbocycles. The third-order valence-corrected chi connectivity index (χ3v) is 2.69. The van der Waals surface area contributed by atoms with Crippen LogP contribution < -0.4 is 5.32 Å². The van der Waals surface area contributed by atoms with E-state index in [-0.39, 0.29) is 5.91 Å². The van der Waals surface area contributed by atoms with E-state index >= 15 is 0 Å². The minimum Gasteiger partial charge on any atom is -0.321 e. The maximum atomic E-state index is 11.9. The molecule has 0 aliphatic carbocycles. The highest BCUT2D eigenvalue weighted by Gasteiger charge is 2.09. The highest BCUT2D eigenvalue weighted by atomic mass is 79.9. The van der Waals surface area contributed by atoms with Gasteiger partial charge >= 0.3 is 0 Å². The Hall–Kier alpha value is -2.26. The van der Waals surface area contributed by atoms with Crippen molar-refractivity contribution >= 4 is 27.5 Å². The predicted molar refractivity (Wildman–Crippen MR) is 68.8 cm³/mol. The molecular weight excluding hydrogens is 296 g/mol. The van der Waals surface area contributed by atoms with Crippen LogP contribution in [0.15, 0.2) is 41.1 Å². The molecule has 1 aromatic carbocycles. The summed E-state index contributed by atoms with van der Waals surface area (Å²) >= 11 is 3.27. The van der Waals surface area contributed by atoms with Gasteiger partial charge in [-0.25, -0.2) is 0 Å². The maximum absolute atomic E-state index is 11.9. The molecule has 2 aromatic rings. The molecule has 1 N–H and O–H groups in total. The summed E-state index contributed by atoms with van der Waals surface area (Å²) in [5.74, 6) is -0.330. The van der Waals surface area contributed by atoms with E-state index in [0.29, 0.717) is 16.8 Å². The number of hydrogen-bond donors (Lipinski definition) is 1. The fourth-order valence-corrected chi connectivity index (χ4v) is 1.70. The highest BCUT2D eigenvalue weighted by molar-refractivity contribution is 9.10. The molecule has 6 heteroatoms. The number of nitrogens with zero attached hydrogens (tertiary/aromatic N) is 3. The van der Waals surface area contributed by atoms with E-state index in [1.165, 1.54) is 12.4 Å². The van der Waals surface area contributed by atoms with Crippen LogP contribution in [0.3, 0.4) is 0 Å². The summed E-state index contributed by atoms with van der Waals surface area (Å²) < 4.78 is 0.780. The molecule has 0 bridgehead atoms. The lowest BCUT2D eigenvalue weighted by atomic mass is 10.2. The Morgan fingerprint density at radius 3 is 2.83 bits per heavy atom. The van der Waals surface area contributed by atoms with Gasteiger partial charge < -0.3 is 5.32 Å². The predicted octanol–water partition coefficient (Wildman–Crippen LogP) is 2.36. The lowest BCUT2D eigenvalue weighted by Crippen LogP contribution is -2.13. The van der Waals surface area contributed by atoms with Crippen LogP contribution in [0.4, 0.5) is 5.69 Å². The maximum Gasteiger partial charge on any atom is 0.257 e. The molecule has 0 atom stereocenters. The second-order valence-electron chi connectivity index (χ2n) is 3.39. The summed E-state index contributed by atoms with van der Waals surface area (Å²) in [5, 5.41) is 18.8. The number of carbonyl (C=O) groups excluding carboxylic acids is 1. The molecule has 1 aromatic heterocycles. The molecule has 1 heterocycles. The zero-order valence-electron chi connectivity index (χ0n) is 9.09. The van der Waals surface area contributed by atoms with Gasteiger partial charge in [0.05, 0.1) is 29.2 Å². The van der Waals surface area contributed by atoms with E-state index in [0.717, 1.165) is 4.47 Å². The van der Waals surface area contributed by atoms with Gasteiger partial charge in [-0.15, -0.1) is 0 Å². The van der Waals surface area contributed by atoms with Gasteiger partial charge in [0.25, 0.3) is 5.91 Å². The van der Waals surface area contributed by atoms with Gasteiger partial charge in [0.2, 0.25) is 0 Å². The van der Waals surface area contributed by atoms with Crippen molar-refractivity contribution < 1.29 is 4.79 Å². The van der Waals surface area contributed by atoms with Crippen LogP contribution in [-0.2, 0) is 0 Å². The molecule has 0 aliphatic heterocycles. The van der Waals surface area contributed by atoms with E-state index in [2.05, 4.69) is 31.4 Å². The van der Waals surface area contributed by atoms with Crippen LogP contribution in [0, 0.1) is 11.3 Å². The van der Waals surface area contributed by atoms with Crippen LogP contribution in [0.25, 0.3) is 0 Å². The van der Waals surface area contributed by atoms with Crippen molar-refractivity contribution in [3.8, 4) is 6.07 Å². The number of rotatable bonds is 2. The lowest BCUT2D eigenvalue weighted by molar-refractivity contribution is 0.102. The number of aromatic nitrogens is 2. The molecule has 18 heavy (non-hydrogen) atoms. The summed E-state index contributed by atoms with van der Waals surface area (Å²) in [6, 6.07) is 8.62. The second-order valence-corrected chi connectivity index (χ2v) is 4.30. The van der Waals surface area contributed by atoms with Crippen molar-refractivity contribution in [1.29, 1.82) is 5.26 Å². The van der Waals surface area contributed by atoms with Gasteiger partial charge in [-0.05, 0) is 24.3 Å². The first-order chi connectivity index (χ1) is 8.70. The summed E-state index contributed by atoms with van der Waals surface area (Å²) in [5.41, 5.74) is 1.24. The number of halogens is 1. The average molecular weight is 303 g/mol. The fourth-order valence-electron chi connectivity index (χ4n) is 1.34. The van der Waals surface area contributed by atoms with Gasteiger partial charge in [0, 0.05) is 4.47 Å². The van der Waals surface area contributed by atoms with Crippen molar-refractivity contribution in [2.45, 2.75) is 0 Å². The second kappa shape index (κ2) is 5.38. The van der Waals surface area contributed by atoms with E-state index < -0.39 is 0 Å².